The van der Waals surface area contributed by atoms with Gasteiger partial charge in [0.2, 0.25) is 0 Å². The fourth-order valence-electron chi connectivity index (χ4n) is 2.62. The second-order valence-corrected chi connectivity index (χ2v) is 5.09. The Morgan fingerprint density at radius 3 is 2.90 bits per heavy atom. The monoisotopic (exact) mass is 270 g/mol. The van der Waals surface area contributed by atoms with Crippen molar-refractivity contribution >= 4 is 11.6 Å². The van der Waals surface area contributed by atoms with Crippen LogP contribution in [0.1, 0.15) is 22.3 Å². The molecular weight excluding hydrogens is 252 g/mol. The van der Waals surface area contributed by atoms with E-state index in [1.807, 2.05) is 29.2 Å². The highest BCUT2D eigenvalue weighted by Gasteiger charge is 2.21. The van der Waals surface area contributed by atoms with Crippen molar-refractivity contribution in [2.45, 2.75) is 19.4 Å². The Bertz CT molecular complexity index is 620. The summed E-state index contributed by atoms with van der Waals surface area (Å²) in [7, 11) is 0. The van der Waals surface area contributed by atoms with Crippen molar-refractivity contribution in [3.05, 3.63) is 47.8 Å². The standard InChI is InChI=1S/C15H18N4O/c16-13-10-17-19(11-13)9-8-18-7-3-5-12-4-1-2-6-14(12)15(18)20/h1-2,4,6,10-11H,3,5,7-9,16H2. The van der Waals surface area contributed by atoms with Crippen LogP contribution in [0, 0.1) is 0 Å². The van der Waals surface area contributed by atoms with Crippen molar-refractivity contribution in [3.8, 4) is 0 Å². The van der Waals surface area contributed by atoms with Crippen molar-refractivity contribution in [2.75, 3.05) is 18.8 Å². The highest BCUT2D eigenvalue weighted by atomic mass is 16.2. The summed E-state index contributed by atoms with van der Waals surface area (Å²) in [6, 6.07) is 7.88. The van der Waals surface area contributed by atoms with Crippen LogP contribution < -0.4 is 5.73 Å². The van der Waals surface area contributed by atoms with Crippen molar-refractivity contribution in [1.82, 2.24) is 14.7 Å². The van der Waals surface area contributed by atoms with Gasteiger partial charge in [-0.3, -0.25) is 9.48 Å². The molecule has 0 fully saturated rings. The minimum Gasteiger partial charge on any atom is -0.396 e. The summed E-state index contributed by atoms with van der Waals surface area (Å²) >= 11 is 0. The molecule has 1 amide bonds. The van der Waals surface area contributed by atoms with Gasteiger partial charge in [0.1, 0.15) is 0 Å². The van der Waals surface area contributed by atoms with Crippen molar-refractivity contribution in [1.29, 1.82) is 0 Å². The van der Waals surface area contributed by atoms with Crippen LogP contribution >= 0.6 is 0 Å². The molecule has 2 heterocycles. The highest BCUT2D eigenvalue weighted by Crippen LogP contribution is 2.18. The first-order chi connectivity index (χ1) is 9.74. The van der Waals surface area contributed by atoms with Gasteiger partial charge in [-0.05, 0) is 24.5 Å². The lowest BCUT2D eigenvalue weighted by molar-refractivity contribution is 0.0753. The fraction of sp³-hybridized carbons (Fsp3) is 0.333. The van der Waals surface area contributed by atoms with Crippen LogP contribution in [0.25, 0.3) is 0 Å². The van der Waals surface area contributed by atoms with Gasteiger partial charge in [-0.1, -0.05) is 18.2 Å². The van der Waals surface area contributed by atoms with E-state index < -0.39 is 0 Å². The molecular formula is C15H18N4O. The summed E-state index contributed by atoms with van der Waals surface area (Å²) in [5, 5.41) is 4.15. The molecule has 20 heavy (non-hydrogen) atoms. The zero-order valence-electron chi connectivity index (χ0n) is 11.3. The largest absolute Gasteiger partial charge is 0.396 e. The molecule has 2 aromatic rings. The number of nitrogens with zero attached hydrogens (tertiary/aromatic N) is 3. The van der Waals surface area contributed by atoms with E-state index in [2.05, 4.69) is 5.10 Å². The molecule has 5 nitrogen and oxygen atoms in total. The number of amides is 1. The van der Waals surface area contributed by atoms with Crippen LogP contribution in [0.4, 0.5) is 5.69 Å². The van der Waals surface area contributed by atoms with Crippen molar-refractivity contribution in [3.63, 3.8) is 0 Å². The number of nitrogen functional groups attached to an aromatic ring is 1. The molecule has 1 aliphatic rings. The van der Waals surface area contributed by atoms with Crippen LogP contribution in [0.15, 0.2) is 36.7 Å². The lowest BCUT2D eigenvalue weighted by atomic mass is 10.0. The number of carbonyl (C=O) groups is 1. The molecule has 0 spiro atoms. The Morgan fingerprint density at radius 2 is 2.10 bits per heavy atom. The van der Waals surface area contributed by atoms with Crippen LogP contribution in [-0.2, 0) is 13.0 Å². The van der Waals surface area contributed by atoms with Gasteiger partial charge in [0.15, 0.2) is 0 Å². The van der Waals surface area contributed by atoms with Gasteiger partial charge < -0.3 is 10.6 Å². The normalized spacial score (nSPS) is 15.0. The lowest BCUT2D eigenvalue weighted by Gasteiger charge is -2.20. The smallest absolute Gasteiger partial charge is 0.254 e. The highest BCUT2D eigenvalue weighted by molar-refractivity contribution is 5.96. The zero-order chi connectivity index (χ0) is 13.9. The van der Waals surface area contributed by atoms with Crippen molar-refractivity contribution < 1.29 is 4.79 Å². The second-order valence-electron chi connectivity index (χ2n) is 5.09. The molecule has 0 saturated heterocycles. The molecule has 0 atom stereocenters. The molecule has 0 aliphatic carbocycles. The van der Waals surface area contributed by atoms with Crippen LogP contribution in [0.3, 0.4) is 0 Å². The first-order valence-electron chi connectivity index (χ1n) is 6.89. The Balaban J connectivity index is 1.72. The van der Waals surface area contributed by atoms with Gasteiger partial charge in [-0.2, -0.15) is 5.10 Å². The average Bonchev–Trinajstić information content (AvgIpc) is 2.80. The topological polar surface area (TPSA) is 64.2 Å². The van der Waals surface area contributed by atoms with Crippen LogP contribution in [0.2, 0.25) is 0 Å². The van der Waals surface area contributed by atoms with E-state index in [4.69, 9.17) is 5.73 Å². The third kappa shape index (κ3) is 2.52. The SMILES string of the molecule is Nc1cnn(CCN2CCCc3ccccc3C2=O)c1. The third-order valence-electron chi connectivity index (χ3n) is 3.66. The van der Waals surface area contributed by atoms with Gasteiger partial charge in [0.25, 0.3) is 5.91 Å². The molecule has 3 rings (SSSR count). The Kier molecular flexibility index (Phi) is 3.41. The first-order valence-corrected chi connectivity index (χ1v) is 6.89. The van der Waals surface area contributed by atoms with Gasteiger partial charge in [-0.15, -0.1) is 0 Å². The number of benzene rings is 1. The molecule has 0 radical (unpaired) electrons. The van der Waals surface area contributed by atoms with Gasteiger partial charge >= 0.3 is 0 Å². The summed E-state index contributed by atoms with van der Waals surface area (Å²) in [6.45, 7) is 2.13. The number of rotatable bonds is 3. The number of nitrogens with two attached hydrogens (primary N) is 1. The quantitative estimate of drug-likeness (QED) is 0.920. The Morgan fingerprint density at radius 1 is 1.25 bits per heavy atom. The van der Waals surface area contributed by atoms with E-state index in [0.717, 1.165) is 30.5 Å². The molecule has 0 unspecified atom stereocenters. The van der Waals surface area contributed by atoms with Crippen LogP contribution in [-0.4, -0.2) is 33.7 Å². The number of anilines is 1. The number of aromatic nitrogens is 2. The molecule has 2 N–H and O–H groups in total. The molecule has 0 bridgehead atoms. The molecule has 0 saturated carbocycles. The number of hydrogen-bond donors (Lipinski definition) is 1. The average molecular weight is 270 g/mol. The predicted octanol–water partition coefficient (Wildman–Crippen LogP) is 1.55. The summed E-state index contributed by atoms with van der Waals surface area (Å²) in [5.74, 6) is 0.123. The van der Waals surface area contributed by atoms with E-state index in [0.29, 0.717) is 18.8 Å². The van der Waals surface area contributed by atoms with Gasteiger partial charge in [-0.25, -0.2) is 0 Å². The van der Waals surface area contributed by atoms with Crippen molar-refractivity contribution in [2.24, 2.45) is 0 Å². The minimum atomic E-state index is 0.123. The third-order valence-corrected chi connectivity index (χ3v) is 3.66. The maximum atomic E-state index is 12.5. The molecule has 1 aromatic carbocycles. The first kappa shape index (κ1) is 12.7. The van der Waals surface area contributed by atoms with E-state index in [-0.39, 0.29) is 5.91 Å². The summed E-state index contributed by atoms with van der Waals surface area (Å²) in [5.41, 5.74) is 8.28. The van der Waals surface area contributed by atoms with E-state index >= 15 is 0 Å². The summed E-state index contributed by atoms with van der Waals surface area (Å²) in [6.07, 6.45) is 5.38. The number of aryl methyl sites for hydroxylation is 1. The molecule has 1 aromatic heterocycles. The van der Waals surface area contributed by atoms with Gasteiger partial charge in [0.05, 0.1) is 18.4 Å². The molecule has 5 heteroatoms. The second kappa shape index (κ2) is 5.36. The predicted molar refractivity (Wildman–Crippen MR) is 77.3 cm³/mol. The zero-order valence-corrected chi connectivity index (χ0v) is 11.3. The maximum Gasteiger partial charge on any atom is 0.254 e. The van der Waals surface area contributed by atoms with Gasteiger partial charge in [0, 0.05) is 24.8 Å². The molecule has 1 aliphatic heterocycles. The Labute approximate surface area is 118 Å². The van der Waals surface area contributed by atoms with E-state index in [1.54, 1.807) is 17.1 Å². The lowest BCUT2D eigenvalue weighted by Crippen LogP contribution is -2.34. The molecule has 104 valence electrons. The Hall–Kier alpha value is -2.30. The number of fused-ring (bicyclic) bond motifs is 1. The summed E-state index contributed by atoms with van der Waals surface area (Å²) < 4.78 is 1.78. The fourth-order valence-corrected chi connectivity index (χ4v) is 2.62. The minimum absolute atomic E-state index is 0.123. The van der Waals surface area contributed by atoms with E-state index in [9.17, 15) is 4.79 Å². The van der Waals surface area contributed by atoms with E-state index in [1.165, 1.54) is 0 Å². The maximum absolute atomic E-state index is 12.5. The number of carbonyl (C=O) groups excluding carboxylic acids is 1. The number of hydrogen-bond acceptors (Lipinski definition) is 3. The van der Waals surface area contributed by atoms with Crippen LogP contribution in [0.5, 0.6) is 0 Å². The summed E-state index contributed by atoms with van der Waals surface area (Å²) in [4.78, 5) is 14.4.